The summed E-state index contributed by atoms with van der Waals surface area (Å²) in [5.74, 6) is -1.52. The number of aromatic nitrogens is 2. The summed E-state index contributed by atoms with van der Waals surface area (Å²) in [5, 5.41) is 32.7. The summed E-state index contributed by atoms with van der Waals surface area (Å²) in [6.45, 7) is 9.06. The molecule has 0 radical (unpaired) electrons. The van der Waals surface area contributed by atoms with Gasteiger partial charge in [0.2, 0.25) is 30.1 Å². The second-order valence-electron chi connectivity index (χ2n) is 36.9. The molecular weight excluding hydrogens is 2080 g/mol. The molecule has 21 rings (SSSR count). The van der Waals surface area contributed by atoms with Gasteiger partial charge in [-0.05, 0) is 307 Å². The summed E-state index contributed by atoms with van der Waals surface area (Å²) < 4.78 is 102. The van der Waals surface area contributed by atoms with Crippen molar-refractivity contribution in [3.63, 3.8) is 0 Å². The minimum absolute atomic E-state index is 0.196. The van der Waals surface area contributed by atoms with Gasteiger partial charge in [0, 0.05) is 61.4 Å². The zero-order valence-electron chi connectivity index (χ0n) is 81.9. The van der Waals surface area contributed by atoms with Gasteiger partial charge in [-0.2, -0.15) is 0 Å². The third-order valence-corrected chi connectivity index (χ3v) is 36.2. The number of carbonyl (C=O) groups excluding carboxylic acids is 3. The quantitative estimate of drug-likeness (QED) is 0.0184. The summed E-state index contributed by atoms with van der Waals surface area (Å²) >= 11 is 28.8. The molecule has 0 unspecified atom stereocenters. The van der Waals surface area contributed by atoms with E-state index in [1.165, 1.54) is 66.7 Å². The van der Waals surface area contributed by atoms with E-state index in [0.29, 0.717) is 131 Å². The van der Waals surface area contributed by atoms with Crippen LogP contribution < -0.4 is 28.4 Å². The highest BCUT2D eigenvalue weighted by atomic mass is 35.5. The van der Waals surface area contributed by atoms with E-state index in [4.69, 9.17) is 60.6 Å². The average Bonchev–Trinajstić information content (AvgIpc) is 1.64. The molecule has 3 amide bonds. The molecule has 19 aromatic rings. The lowest BCUT2D eigenvalue weighted by atomic mass is 9.97. The van der Waals surface area contributed by atoms with E-state index in [1.807, 2.05) is 173 Å². The van der Waals surface area contributed by atoms with Crippen LogP contribution in [0.3, 0.4) is 0 Å². The van der Waals surface area contributed by atoms with Crippen LogP contribution >= 0.6 is 80.4 Å². The van der Waals surface area contributed by atoms with Crippen LogP contribution in [0, 0.1) is 27.7 Å². The molecule has 5 aromatic heterocycles. The van der Waals surface area contributed by atoms with Crippen molar-refractivity contribution in [3.8, 4) is 17.2 Å². The molecule has 764 valence electrons. The number of nitrogens with one attached hydrogen (secondary N) is 5. The molecule has 31 heteroatoms. The molecule has 0 atom stereocenters. The molecule has 7 N–H and O–H groups in total. The van der Waals surface area contributed by atoms with Crippen molar-refractivity contribution in [1.82, 2.24) is 24.1 Å². The Bertz CT molecular complexity index is 8570. The molecule has 0 aliphatic heterocycles. The Morgan fingerprint density at radius 1 is 0.342 bits per heavy atom. The number of hydrogen-bond acceptors (Lipinski definition) is 17. The number of thiophene rings is 3. The largest absolute Gasteiger partial charge is 0.494 e. The van der Waals surface area contributed by atoms with Crippen LogP contribution in [-0.2, 0) is 80.8 Å². The third kappa shape index (κ3) is 26.5. The summed E-state index contributed by atoms with van der Waals surface area (Å²) in [5.41, 5.74) is 13.0. The third-order valence-electron chi connectivity index (χ3n) is 26.1. The van der Waals surface area contributed by atoms with Crippen LogP contribution in [0.15, 0.2) is 291 Å². The molecule has 2 fully saturated rings. The molecule has 21 nitrogen and oxygen atoms in total. The summed E-state index contributed by atoms with van der Waals surface area (Å²) in [6, 6.07) is 94.2. The Morgan fingerprint density at radius 2 is 0.698 bits per heavy atom. The number of carboxylic acids is 2. The van der Waals surface area contributed by atoms with Gasteiger partial charge in [-0.15, -0.1) is 34.0 Å². The number of amides is 3. The van der Waals surface area contributed by atoms with E-state index >= 15 is 0 Å². The highest BCUT2D eigenvalue weighted by Gasteiger charge is 2.39. The number of rotatable bonds is 34. The van der Waals surface area contributed by atoms with E-state index in [2.05, 4.69) is 115 Å². The lowest BCUT2D eigenvalue weighted by Crippen LogP contribution is -2.34. The van der Waals surface area contributed by atoms with E-state index in [0.717, 1.165) is 156 Å². The molecule has 14 aromatic carbocycles. The van der Waals surface area contributed by atoms with Crippen molar-refractivity contribution in [2.45, 2.75) is 140 Å². The SMILES string of the molecule is Cc1cc(OCCCc2c(C(=O)NS(=O)(=O)C3CC3)[nH]c3cc(Cl)ccc23)cc(C)c1Cl.Cc1cc(OCCCc2c(C(=O)NS(=O)(=O)Cc3ccccc3)[nH]c3cc(Cl)ccc23)cc(C)c1Cl.O=C(NS(=O)(=O)C1CC1)c1sc2ccccc2c1CCCOc1cccc2ccccc12.O=C(O)c1sc2ccccc2c1CCCc1cccc2ccccc12.O=C(O)c1sc2ccccc2c1CCc1cccc2ccccc12. The Balaban J connectivity index is 0.000000128. The van der Waals surface area contributed by atoms with Crippen molar-refractivity contribution in [2.75, 3.05) is 19.8 Å². The zero-order chi connectivity index (χ0) is 105. The Hall–Kier alpha value is -13.4. The smallest absolute Gasteiger partial charge is 0.346 e. The predicted molar refractivity (Wildman–Crippen MR) is 606 cm³/mol. The standard InChI is InChI=1S/C27H26Cl2N2O4S.C25H23NO4S2.C23H24Cl2N2O4S.C22H18O2S.C21H16O2S/c1-17-13-21(14-18(2)25(17)29)35-12-6-9-23-22-11-10-20(28)15-24(22)30-26(23)27(32)31-36(33,34)16-19-7-4-3-5-8-19;27-25(26-32(28,29)18-14-15-18)24-21(20-10-3-4-13-23(20)31-24)11-6-16-30-22-12-5-8-17-7-1-2-9-19(17)22;1-13-10-16(11-14(2)21(13)25)31-9-3-4-19-18-8-5-15(24)12-20(18)26-22(19)23(28)27-32(29,30)17-6-7-17;23-22(24)21-19(18-12-3-4-14-20(18)25-21)13-6-10-16-9-5-8-15-7-1-2-11-17(15)16;22-21(23)20-18(17-10-3-4-11-19(17)24-20)13-12-15-8-5-7-14-6-1-2-9-16(14)15/h3-5,7-8,10-11,13-15,30H,6,9,12,16H2,1-2H3,(H,31,32);1-5,7-10,12-13,18H,6,11,14-16H2,(H,26,27);5,8,10-12,17,26H,3-4,6-7,9H2,1-2H3,(H,27,28);1-5,7-9,11-12,14H,6,10,13H2,(H,23,24);1-11H,12-13H2,(H,22,23). The summed E-state index contributed by atoms with van der Waals surface area (Å²) in [4.78, 5) is 69.6. The van der Waals surface area contributed by atoms with Gasteiger partial charge < -0.3 is 34.4 Å². The number of carboxylic acid groups (broad SMARTS) is 2. The number of aromatic amines is 2. The minimum Gasteiger partial charge on any atom is -0.494 e. The van der Waals surface area contributed by atoms with Crippen molar-refractivity contribution in [2.24, 2.45) is 0 Å². The normalized spacial score (nSPS) is 12.5. The first kappa shape index (κ1) is 107. The molecule has 0 saturated heterocycles. The van der Waals surface area contributed by atoms with Gasteiger partial charge in [0.25, 0.3) is 17.7 Å². The van der Waals surface area contributed by atoms with Gasteiger partial charge in [0.15, 0.2) is 0 Å². The van der Waals surface area contributed by atoms with Crippen LogP contribution in [-0.4, -0.2) is 105 Å². The maximum atomic E-state index is 13.1. The zero-order valence-corrected chi connectivity index (χ0v) is 89.8. The van der Waals surface area contributed by atoms with E-state index in [1.54, 1.807) is 54.6 Å². The Morgan fingerprint density at radius 3 is 1.15 bits per heavy atom. The maximum absolute atomic E-state index is 13.1. The molecule has 2 aliphatic rings. The number of hydrogen-bond donors (Lipinski definition) is 7. The van der Waals surface area contributed by atoms with Crippen LogP contribution in [0.4, 0.5) is 0 Å². The van der Waals surface area contributed by atoms with E-state index < -0.39 is 70.2 Å². The van der Waals surface area contributed by atoms with Gasteiger partial charge in [0.1, 0.15) is 38.4 Å². The number of H-pyrrole nitrogens is 2. The monoisotopic (exact) mass is 2180 g/mol. The number of benzene rings is 14. The molecule has 149 heavy (non-hydrogen) atoms. The lowest BCUT2D eigenvalue weighted by molar-refractivity contribution is 0.0690. The minimum atomic E-state index is -3.90. The van der Waals surface area contributed by atoms with Gasteiger partial charge >= 0.3 is 11.9 Å². The predicted octanol–water partition coefficient (Wildman–Crippen LogP) is 28.4. The van der Waals surface area contributed by atoms with Gasteiger partial charge in [0.05, 0.1) is 41.0 Å². The fraction of sp³-hybridized carbons (Fsp3) is 0.212. The fourth-order valence-corrected chi connectivity index (χ4v) is 26.2. The van der Waals surface area contributed by atoms with Crippen molar-refractivity contribution >= 4 is 225 Å². The van der Waals surface area contributed by atoms with Gasteiger partial charge in [-0.25, -0.2) is 49.0 Å². The number of sulfonamides is 3. The first-order valence-electron chi connectivity index (χ1n) is 48.9. The van der Waals surface area contributed by atoms with Crippen molar-refractivity contribution in [1.29, 1.82) is 0 Å². The first-order chi connectivity index (χ1) is 71.8. The first-order valence-corrected chi connectivity index (χ1v) is 57.6. The molecule has 2 aliphatic carbocycles. The molecule has 0 spiro atoms. The van der Waals surface area contributed by atoms with Gasteiger partial charge in [-0.1, -0.05) is 265 Å². The van der Waals surface area contributed by atoms with E-state index in [9.17, 15) is 59.4 Å². The number of aromatic carboxylic acids is 2. The van der Waals surface area contributed by atoms with Crippen molar-refractivity contribution in [3.05, 3.63) is 404 Å². The highest BCUT2D eigenvalue weighted by Crippen LogP contribution is 2.41. The van der Waals surface area contributed by atoms with Crippen LogP contribution in [0.2, 0.25) is 20.1 Å². The highest BCUT2D eigenvalue weighted by molar-refractivity contribution is 7.91. The second-order valence-corrected chi connectivity index (χ2v) is 47.3. The Labute approximate surface area is 896 Å². The Kier molecular flexibility index (Phi) is 34.5. The number of halogens is 4. The number of aryl methyl sites for hydroxylation is 11. The number of fused-ring (bicyclic) bond motifs is 8. The lowest BCUT2D eigenvalue weighted by Gasteiger charge is -2.11. The van der Waals surface area contributed by atoms with Crippen LogP contribution in [0.1, 0.15) is 168 Å². The van der Waals surface area contributed by atoms with Gasteiger partial charge in [-0.3, -0.25) is 14.4 Å². The fourth-order valence-electron chi connectivity index (χ4n) is 18.6. The van der Waals surface area contributed by atoms with Crippen LogP contribution in [0.25, 0.3) is 84.4 Å². The van der Waals surface area contributed by atoms with Crippen LogP contribution in [0.5, 0.6) is 17.2 Å². The summed E-state index contributed by atoms with van der Waals surface area (Å²) in [7, 11) is -11.1. The maximum Gasteiger partial charge on any atom is 0.346 e. The molecule has 0 bridgehead atoms. The summed E-state index contributed by atoms with van der Waals surface area (Å²) in [6.07, 6.45) is 10.2. The molecule has 5 heterocycles. The average molecular weight is 2190 g/mol. The van der Waals surface area contributed by atoms with Crippen molar-refractivity contribution < 1.29 is 73.6 Å². The molecular formula is C118H107Cl4N5O16S6. The number of ether oxygens (including phenoxy) is 3. The second kappa shape index (κ2) is 48.0. The van der Waals surface area contributed by atoms with E-state index in [-0.39, 0.29) is 17.1 Å². The molecule has 2 saturated carbocycles. The topological polar surface area (TPSA) is 324 Å². The number of carbonyl (C=O) groups is 5.